The van der Waals surface area contributed by atoms with Crippen LogP contribution in [0, 0.1) is 11.3 Å². The number of thioether (sulfide) groups is 1. The van der Waals surface area contributed by atoms with E-state index in [4.69, 9.17) is 0 Å². The Morgan fingerprint density at radius 3 is 2.82 bits per heavy atom. The maximum Gasteiger partial charge on any atom is 0.230 e. The number of carbonyl (C=O) groups excluding carboxylic acids is 1. The van der Waals surface area contributed by atoms with Gasteiger partial charge in [-0.25, -0.2) is 0 Å². The van der Waals surface area contributed by atoms with Gasteiger partial charge in [0.1, 0.15) is 0 Å². The molecular weight excluding hydrogens is 232 g/mol. The monoisotopic (exact) mass is 256 g/mol. The third-order valence-electron chi connectivity index (χ3n) is 4.25. The van der Waals surface area contributed by atoms with Gasteiger partial charge in [0.05, 0.1) is 5.41 Å². The minimum absolute atomic E-state index is 0.137. The van der Waals surface area contributed by atoms with Gasteiger partial charge in [0, 0.05) is 30.6 Å². The summed E-state index contributed by atoms with van der Waals surface area (Å²) in [5.74, 6) is 1.91. The number of nitrogens with one attached hydrogen (secondary N) is 1. The van der Waals surface area contributed by atoms with Crippen molar-refractivity contribution in [1.82, 2.24) is 10.2 Å². The predicted octanol–water partition coefficient (Wildman–Crippen LogP) is 1.59. The third-order valence-corrected chi connectivity index (χ3v) is 5.38. The second kappa shape index (κ2) is 5.19. The van der Waals surface area contributed by atoms with Crippen LogP contribution in [0.2, 0.25) is 0 Å². The van der Waals surface area contributed by atoms with Crippen LogP contribution in [0.1, 0.15) is 27.2 Å². The Bertz CT molecular complexity index is 287. The standard InChI is InChI=1S/C13H24N2OS/c1-10(2)13(4-5-14-9-13)12(16)15-6-7-17-11(3)8-15/h10-11,14H,4-9H2,1-3H3. The van der Waals surface area contributed by atoms with Crippen LogP contribution in [-0.4, -0.2) is 48.0 Å². The molecule has 1 amide bonds. The SMILES string of the molecule is CC1CN(C(=O)C2(C(C)C)CCNC2)CCS1. The molecule has 0 bridgehead atoms. The van der Waals surface area contributed by atoms with Crippen molar-refractivity contribution in [2.75, 3.05) is 31.9 Å². The lowest BCUT2D eigenvalue weighted by Crippen LogP contribution is -2.51. The van der Waals surface area contributed by atoms with Gasteiger partial charge in [-0.3, -0.25) is 4.79 Å². The molecule has 2 aliphatic rings. The fraction of sp³-hybridized carbons (Fsp3) is 0.923. The summed E-state index contributed by atoms with van der Waals surface area (Å²) in [6, 6.07) is 0. The summed E-state index contributed by atoms with van der Waals surface area (Å²) in [5.41, 5.74) is -0.137. The van der Waals surface area contributed by atoms with Gasteiger partial charge in [0.25, 0.3) is 0 Å². The summed E-state index contributed by atoms with van der Waals surface area (Å²) in [5, 5.41) is 3.96. The minimum Gasteiger partial charge on any atom is -0.340 e. The lowest BCUT2D eigenvalue weighted by Gasteiger charge is -2.39. The van der Waals surface area contributed by atoms with Gasteiger partial charge in [-0.2, -0.15) is 11.8 Å². The Kier molecular flexibility index (Phi) is 4.03. The fourth-order valence-corrected chi connectivity index (χ4v) is 3.96. The maximum atomic E-state index is 12.8. The van der Waals surface area contributed by atoms with Gasteiger partial charge in [-0.1, -0.05) is 20.8 Å². The second-order valence-electron chi connectivity index (χ2n) is 5.67. The first kappa shape index (κ1) is 13.2. The van der Waals surface area contributed by atoms with Crippen LogP contribution in [0.4, 0.5) is 0 Å². The fourth-order valence-electron chi connectivity index (χ4n) is 2.95. The summed E-state index contributed by atoms with van der Waals surface area (Å²) < 4.78 is 0. The molecule has 0 saturated carbocycles. The molecule has 0 aromatic rings. The van der Waals surface area contributed by atoms with Crippen molar-refractivity contribution in [3.05, 3.63) is 0 Å². The summed E-state index contributed by atoms with van der Waals surface area (Å²) in [7, 11) is 0. The molecule has 0 spiro atoms. The van der Waals surface area contributed by atoms with Gasteiger partial charge in [0.2, 0.25) is 5.91 Å². The number of carbonyl (C=O) groups is 1. The van der Waals surface area contributed by atoms with E-state index >= 15 is 0 Å². The molecule has 0 radical (unpaired) electrons. The molecule has 1 N–H and O–H groups in total. The van der Waals surface area contributed by atoms with Crippen LogP contribution in [0.15, 0.2) is 0 Å². The van der Waals surface area contributed by atoms with E-state index in [2.05, 4.69) is 31.0 Å². The highest BCUT2D eigenvalue weighted by Gasteiger charge is 2.46. The predicted molar refractivity (Wildman–Crippen MR) is 73.3 cm³/mol. The van der Waals surface area contributed by atoms with Crippen molar-refractivity contribution in [2.45, 2.75) is 32.4 Å². The molecule has 2 aliphatic heterocycles. The maximum absolute atomic E-state index is 12.8. The first-order valence-corrected chi connectivity index (χ1v) is 7.73. The van der Waals surface area contributed by atoms with Crippen molar-refractivity contribution in [2.24, 2.45) is 11.3 Å². The highest BCUT2D eigenvalue weighted by atomic mass is 32.2. The zero-order chi connectivity index (χ0) is 12.5. The molecule has 2 fully saturated rings. The number of amides is 1. The van der Waals surface area contributed by atoms with E-state index in [-0.39, 0.29) is 5.41 Å². The smallest absolute Gasteiger partial charge is 0.230 e. The zero-order valence-corrected chi connectivity index (χ0v) is 12.0. The molecule has 17 heavy (non-hydrogen) atoms. The minimum atomic E-state index is -0.137. The van der Waals surface area contributed by atoms with Crippen molar-refractivity contribution < 1.29 is 4.79 Å². The molecule has 2 unspecified atom stereocenters. The lowest BCUT2D eigenvalue weighted by atomic mass is 9.75. The van der Waals surface area contributed by atoms with E-state index in [0.717, 1.165) is 38.4 Å². The second-order valence-corrected chi connectivity index (χ2v) is 7.22. The molecule has 0 aliphatic carbocycles. The highest BCUT2D eigenvalue weighted by Crippen LogP contribution is 2.37. The number of rotatable bonds is 2. The van der Waals surface area contributed by atoms with E-state index in [1.165, 1.54) is 0 Å². The number of hydrogen-bond donors (Lipinski definition) is 1. The average molecular weight is 256 g/mol. The van der Waals surface area contributed by atoms with Crippen LogP contribution in [0.3, 0.4) is 0 Å². The summed E-state index contributed by atoms with van der Waals surface area (Å²) in [6.45, 7) is 10.3. The Balaban J connectivity index is 2.11. The first-order valence-electron chi connectivity index (χ1n) is 6.68. The molecule has 0 aromatic carbocycles. The molecule has 0 aromatic heterocycles. The van der Waals surface area contributed by atoms with Gasteiger partial charge in [-0.05, 0) is 18.9 Å². The van der Waals surface area contributed by atoms with Crippen LogP contribution < -0.4 is 5.32 Å². The van der Waals surface area contributed by atoms with E-state index in [1.54, 1.807) is 0 Å². The Morgan fingerprint density at radius 1 is 1.53 bits per heavy atom. The molecule has 98 valence electrons. The first-order chi connectivity index (χ1) is 8.06. The quantitative estimate of drug-likeness (QED) is 0.814. The van der Waals surface area contributed by atoms with Crippen LogP contribution in [-0.2, 0) is 4.79 Å². The molecule has 2 atom stereocenters. The van der Waals surface area contributed by atoms with Crippen LogP contribution in [0.5, 0.6) is 0 Å². The molecule has 4 heteroatoms. The van der Waals surface area contributed by atoms with Gasteiger partial charge in [-0.15, -0.1) is 0 Å². The van der Waals surface area contributed by atoms with Gasteiger partial charge >= 0.3 is 0 Å². The third kappa shape index (κ3) is 2.48. The molecule has 2 heterocycles. The number of nitrogens with zero attached hydrogens (tertiary/aromatic N) is 1. The topological polar surface area (TPSA) is 32.3 Å². The Morgan fingerprint density at radius 2 is 2.29 bits per heavy atom. The van der Waals surface area contributed by atoms with Crippen LogP contribution >= 0.6 is 11.8 Å². The van der Waals surface area contributed by atoms with Gasteiger partial charge < -0.3 is 10.2 Å². The summed E-state index contributed by atoms with van der Waals surface area (Å²) in [4.78, 5) is 14.9. The van der Waals surface area contributed by atoms with Gasteiger partial charge in [0.15, 0.2) is 0 Å². The van der Waals surface area contributed by atoms with Crippen LogP contribution in [0.25, 0.3) is 0 Å². The van der Waals surface area contributed by atoms with E-state index in [9.17, 15) is 4.79 Å². The van der Waals surface area contributed by atoms with Crippen molar-refractivity contribution in [3.63, 3.8) is 0 Å². The summed E-state index contributed by atoms with van der Waals surface area (Å²) in [6.07, 6.45) is 1.00. The van der Waals surface area contributed by atoms with Crippen molar-refractivity contribution in [3.8, 4) is 0 Å². The Hall–Kier alpha value is -0.220. The van der Waals surface area contributed by atoms with E-state index in [0.29, 0.717) is 17.1 Å². The van der Waals surface area contributed by atoms with Crippen molar-refractivity contribution >= 4 is 17.7 Å². The van der Waals surface area contributed by atoms with E-state index in [1.807, 2.05) is 11.8 Å². The zero-order valence-electron chi connectivity index (χ0n) is 11.2. The lowest BCUT2D eigenvalue weighted by molar-refractivity contribution is -0.143. The Labute approximate surface area is 109 Å². The highest BCUT2D eigenvalue weighted by molar-refractivity contribution is 7.99. The molecule has 2 rings (SSSR count). The molecular formula is C13H24N2OS. The normalized spacial score (nSPS) is 34.4. The average Bonchev–Trinajstić information content (AvgIpc) is 2.78. The largest absolute Gasteiger partial charge is 0.340 e. The molecule has 3 nitrogen and oxygen atoms in total. The molecule has 2 saturated heterocycles. The summed E-state index contributed by atoms with van der Waals surface area (Å²) >= 11 is 1.98. The van der Waals surface area contributed by atoms with E-state index < -0.39 is 0 Å². The van der Waals surface area contributed by atoms with Crippen molar-refractivity contribution in [1.29, 1.82) is 0 Å². The number of hydrogen-bond acceptors (Lipinski definition) is 3.